The minimum Gasteiger partial charge on any atom is -0.380 e. The molecule has 3 rings (SSSR count). The van der Waals surface area contributed by atoms with Gasteiger partial charge in [0, 0.05) is 17.5 Å². The minimum atomic E-state index is -1.10. The van der Waals surface area contributed by atoms with Crippen molar-refractivity contribution in [2.24, 2.45) is 5.92 Å². The summed E-state index contributed by atoms with van der Waals surface area (Å²) in [6.45, 7) is 0.770. The highest BCUT2D eigenvalue weighted by atomic mass is 35.5. The lowest BCUT2D eigenvalue weighted by atomic mass is 9.67. The lowest BCUT2D eigenvalue weighted by Gasteiger charge is -2.44. The maximum absolute atomic E-state index is 13.5. The number of hydrogen-bond donors (Lipinski definition) is 1. The summed E-state index contributed by atoms with van der Waals surface area (Å²) in [7, 11) is 4.03. The quantitative estimate of drug-likeness (QED) is 0.804. The Morgan fingerprint density at radius 3 is 2.42 bits per heavy atom. The molecule has 0 saturated heterocycles. The second kappa shape index (κ2) is 7.91. The third kappa shape index (κ3) is 4.01. The normalized spacial score (nSPS) is 25.0. The number of rotatable bonds is 4. The molecule has 2 atom stereocenters. The Kier molecular flexibility index (Phi) is 5.81. The molecule has 0 bridgehead atoms. The standard InChI is InChI=1S/C22H25ClFNO/c1-25(2)15-19-5-3-4-18(14-16-6-10-20(23)11-7-16)22(19,26)17-8-12-21(24)13-9-17/h6-14,19,26H,3-5,15H2,1-2H3/b18-14+. The summed E-state index contributed by atoms with van der Waals surface area (Å²) in [5.41, 5.74) is 1.64. The van der Waals surface area contributed by atoms with Gasteiger partial charge in [0.25, 0.3) is 0 Å². The van der Waals surface area contributed by atoms with E-state index in [1.165, 1.54) is 12.1 Å². The molecule has 2 nitrogen and oxygen atoms in total. The van der Waals surface area contributed by atoms with Gasteiger partial charge in [0.1, 0.15) is 11.4 Å². The van der Waals surface area contributed by atoms with Crippen LogP contribution in [0.25, 0.3) is 6.08 Å². The summed E-state index contributed by atoms with van der Waals surface area (Å²) >= 11 is 5.99. The third-order valence-corrected chi connectivity index (χ3v) is 5.41. The van der Waals surface area contributed by atoms with Crippen LogP contribution in [0.3, 0.4) is 0 Å². The van der Waals surface area contributed by atoms with E-state index in [2.05, 4.69) is 11.0 Å². The van der Waals surface area contributed by atoms with Crippen molar-refractivity contribution in [1.82, 2.24) is 4.90 Å². The van der Waals surface area contributed by atoms with Gasteiger partial charge < -0.3 is 10.0 Å². The number of hydrogen-bond acceptors (Lipinski definition) is 2. The molecule has 0 aromatic heterocycles. The Balaban J connectivity index is 2.07. The van der Waals surface area contributed by atoms with Crippen LogP contribution in [0.1, 0.15) is 30.4 Å². The Bertz CT molecular complexity index is 770. The van der Waals surface area contributed by atoms with E-state index in [4.69, 9.17) is 11.6 Å². The predicted molar refractivity (Wildman–Crippen MR) is 106 cm³/mol. The molecule has 0 radical (unpaired) electrons. The summed E-state index contributed by atoms with van der Waals surface area (Å²) in [6, 6.07) is 13.9. The fourth-order valence-electron chi connectivity index (χ4n) is 3.93. The van der Waals surface area contributed by atoms with E-state index < -0.39 is 5.60 Å². The number of halogens is 2. The van der Waals surface area contributed by atoms with E-state index in [9.17, 15) is 9.50 Å². The van der Waals surface area contributed by atoms with Gasteiger partial charge in [-0.1, -0.05) is 41.9 Å². The Labute approximate surface area is 159 Å². The zero-order chi connectivity index (χ0) is 18.7. The largest absolute Gasteiger partial charge is 0.380 e. The first kappa shape index (κ1) is 19.1. The van der Waals surface area contributed by atoms with E-state index in [0.717, 1.165) is 42.5 Å². The molecule has 0 spiro atoms. The molecular formula is C22H25ClFNO. The first-order valence-corrected chi connectivity index (χ1v) is 9.37. The molecule has 1 saturated carbocycles. The van der Waals surface area contributed by atoms with Gasteiger partial charge in [-0.3, -0.25) is 0 Å². The van der Waals surface area contributed by atoms with Gasteiger partial charge in [-0.25, -0.2) is 4.39 Å². The predicted octanol–water partition coefficient (Wildman–Crippen LogP) is 5.11. The van der Waals surface area contributed by atoms with Gasteiger partial charge in [0.2, 0.25) is 0 Å². The van der Waals surface area contributed by atoms with Crippen LogP contribution in [0.2, 0.25) is 5.02 Å². The van der Waals surface area contributed by atoms with Crippen molar-refractivity contribution < 1.29 is 9.50 Å². The van der Waals surface area contributed by atoms with Gasteiger partial charge in [-0.05, 0) is 74.3 Å². The summed E-state index contributed by atoms with van der Waals surface area (Å²) in [5, 5.41) is 12.6. The zero-order valence-electron chi connectivity index (χ0n) is 15.3. The minimum absolute atomic E-state index is 0.0512. The molecule has 2 aromatic carbocycles. The van der Waals surface area contributed by atoms with Crippen LogP contribution in [0, 0.1) is 11.7 Å². The highest BCUT2D eigenvalue weighted by Gasteiger charge is 2.44. The smallest absolute Gasteiger partial charge is 0.123 e. The SMILES string of the molecule is CN(C)CC1CCC/C(=C\c2ccc(Cl)cc2)C1(O)c1ccc(F)cc1. The summed E-state index contributed by atoms with van der Waals surface area (Å²) in [4.78, 5) is 2.10. The van der Waals surface area contributed by atoms with Crippen molar-refractivity contribution in [3.8, 4) is 0 Å². The van der Waals surface area contributed by atoms with Crippen LogP contribution < -0.4 is 0 Å². The summed E-state index contributed by atoms with van der Waals surface area (Å²) in [6.07, 6.45) is 4.84. The van der Waals surface area contributed by atoms with E-state index in [-0.39, 0.29) is 11.7 Å². The third-order valence-electron chi connectivity index (χ3n) is 5.16. The highest BCUT2D eigenvalue weighted by molar-refractivity contribution is 6.30. The van der Waals surface area contributed by atoms with Crippen molar-refractivity contribution in [3.63, 3.8) is 0 Å². The topological polar surface area (TPSA) is 23.5 Å². The lowest BCUT2D eigenvalue weighted by Crippen LogP contribution is -2.44. The lowest BCUT2D eigenvalue weighted by molar-refractivity contribution is -0.0174. The average Bonchev–Trinajstić information content (AvgIpc) is 2.60. The molecule has 4 heteroatoms. The fourth-order valence-corrected chi connectivity index (χ4v) is 4.06. The number of aliphatic hydroxyl groups is 1. The molecule has 0 aliphatic heterocycles. The molecule has 2 aromatic rings. The van der Waals surface area contributed by atoms with Crippen LogP contribution >= 0.6 is 11.6 Å². The first-order valence-electron chi connectivity index (χ1n) is 8.99. The first-order chi connectivity index (χ1) is 12.4. The van der Waals surface area contributed by atoms with Crippen molar-refractivity contribution in [3.05, 3.63) is 76.1 Å². The second-order valence-corrected chi connectivity index (χ2v) is 7.78. The molecule has 138 valence electrons. The molecule has 0 heterocycles. The van der Waals surface area contributed by atoms with Crippen molar-refractivity contribution in [2.45, 2.75) is 24.9 Å². The maximum Gasteiger partial charge on any atom is 0.123 e. The van der Waals surface area contributed by atoms with Crippen molar-refractivity contribution in [2.75, 3.05) is 20.6 Å². The maximum atomic E-state index is 13.5. The van der Waals surface area contributed by atoms with Gasteiger partial charge in [-0.15, -0.1) is 0 Å². The molecule has 26 heavy (non-hydrogen) atoms. The molecule has 2 unspecified atom stereocenters. The van der Waals surface area contributed by atoms with Crippen molar-refractivity contribution >= 4 is 17.7 Å². The van der Waals surface area contributed by atoms with Crippen LogP contribution in [-0.2, 0) is 5.60 Å². The fraction of sp³-hybridized carbons (Fsp3) is 0.364. The Morgan fingerprint density at radius 1 is 1.15 bits per heavy atom. The summed E-state index contributed by atoms with van der Waals surface area (Å²) < 4.78 is 13.5. The van der Waals surface area contributed by atoms with Gasteiger partial charge >= 0.3 is 0 Å². The monoisotopic (exact) mass is 373 g/mol. The van der Waals surface area contributed by atoms with Crippen LogP contribution in [0.5, 0.6) is 0 Å². The van der Waals surface area contributed by atoms with E-state index in [1.807, 2.05) is 38.4 Å². The molecule has 0 amide bonds. The van der Waals surface area contributed by atoms with Gasteiger partial charge in [0.15, 0.2) is 0 Å². The van der Waals surface area contributed by atoms with Gasteiger partial charge in [0.05, 0.1) is 0 Å². The number of benzene rings is 2. The van der Waals surface area contributed by atoms with Crippen LogP contribution in [0.15, 0.2) is 54.1 Å². The molecular weight excluding hydrogens is 349 g/mol. The van der Waals surface area contributed by atoms with E-state index >= 15 is 0 Å². The van der Waals surface area contributed by atoms with E-state index in [0.29, 0.717) is 5.02 Å². The highest BCUT2D eigenvalue weighted by Crippen LogP contribution is 2.46. The second-order valence-electron chi connectivity index (χ2n) is 7.35. The Hall–Kier alpha value is -1.68. The van der Waals surface area contributed by atoms with E-state index in [1.54, 1.807) is 12.1 Å². The van der Waals surface area contributed by atoms with Crippen LogP contribution in [-0.4, -0.2) is 30.6 Å². The van der Waals surface area contributed by atoms with Gasteiger partial charge in [-0.2, -0.15) is 0 Å². The molecule has 1 aliphatic carbocycles. The summed E-state index contributed by atoms with van der Waals surface area (Å²) in [5.74, 6) is -0.240. The molecule has 1 fully saturated rings. The average molecular weight is 374 g/mol. The number of nitrogens with zero attached hydrogens (tertiary/aromatic N) is 1. The molecule has 1 N–H and O–H groups in total. The zero-order valence-corrected chi connectivity index (χ0v) is 16.0. The molecule has 1 aliphatic rings. The van der Waals surface area contributed by atoms with Crippen LogP contribution in [0.4, 0.5) is 4.39 Å². The van der Waals surface area contributed by atoms with Crippen molar-refractivity contribution in [1.29, 1.82) is 0 Å². The Morgan fingerprint density at radius 2 is 1.81 bits per heavy atom.